The zero-order valence-corrected chi connectivity index (χ0v) is 13.9. The van der Waals surface area contributed by atoms with Crippen molar-refractivity contribution in [3.05, 3.63) is 0 Å². The van der Waals surface area contributed by atoms with Crippen molar-refractivity contribution < 1.29 is 23.1 Å². The van der Waals surface area contributed by atoms with E-state index < -0.39 is 16.0 Å². The molecule has 0 aliphatic carbocycles. The van der Waals surface area contributed by atoms with E-state index in [1.807, 2.05) is 6.92 Å². The summed E-state index contributed by atoms with van der Waals surface area (Å²) >= 11 is 0. The van der Waals surface area contributed by atoms with Crippen LogP contribution in [0.25, 0.3) is 0 Å². The molecule has 0 aromatic rings. The second-order valence-electron chi connectivity index (χ2n) is 5.63. The Balaban J connectivity index is 2.32. The van der Waals surface area contributed by atoms with Gasteiger partial charge in [0.1, 0.15) is 0 Å². The molecule has 1 aliphatic rings. The third-order valence-corrected chi connectivity index (χ3v) is 5.80. The lowest BCUT2D eigenvalue weighted by molar-refractivity contribution is -0.137. The van der Waals surface area contributed by atoms with Gasteiger partial charge in [-0.25, -0.2) is 12.7 Å². The van der Waals surface area contributed by atoms with Crippen LogP contribution in [0.15, 0.2) is 0 Å². The summed E-state index contributed by atoms with van der Waals surface area (Å²) in [6.45, 7) is 3.08. The van der Waals surface area contributed by atoms with E-state index in [1.54, 1.807) is 0 Å². The second-order valence-corrected chi connectivity index (χ2v) is 7.72. The van der Waals surface area contributed by atoms with Crippen molar-refractivity contribution in [3.8, 4) is 0 Å². The number of hydrogen-bond donors (Lipinski definition) is 2. The lowest BCUT2D eigenvalue weighted by Crippen LogP contribution is -2.43. The zero-order valence-electron chi connectivity index (χ0n) is 13.1. The van der Waals surface area contributed by atoms with Gasteiger partial charge < -0.3 is 10.4 Å². The van der Waals surface area contributed by atoms with Gasteiger partial charge in [0.15, 0.2) is 0 Å². The van der Waals surface area contributed by atoms with Crippen LogP contribution in [0.5, 0.6) is 0 Å². The molecule has 128 valence electrons. The highest BCUT2D eigenvalue weighted by Gasteiger charge is 2.30. The monoisotopic (exact) mass is 334 g/mol. The quantitative estimate of drug-likeness (QED) is 0.607. The van der Waals surface area contributed by atoms with Gasteiger partial charge in [0, 0.05) is 32.0 Å². The fourth-order valence-electron chi connectivity index (χ4n) is 2.45. The molecule has 0 saturated carbocycles. The minimum atomic E-state index is -3.19. The molecule has 8 heteroatoms. The Morgan fingerprint density at radius 2 is 1.86 bits per heavy atom. The number of carbonyl (C=O) groups excluding carboxylic acids is 1. The van der Waals surface area contributed by atoms with Crippen molar-refractivity contribution in [2.24, 2.45) is 5.92 Å². The minimum absolute atomic E-state index is 0.0361. The van der Waals surface area contributed by atoms with Crippen LogP contribution in [0, 0.1) is 5.92 Å². The van der Waals surface area contributed by atoms with Crippen LogP contribution in [0.3, 0.4) is 0 Å². The summed E-state index contributed by atoms with van der Waals surface area (Å²) in [5.74, 6) is -0.978. The maximum Gasteiger partial charge on any atom is 0.303 e. The molecular formula is C14H26N2O5S. The van der Waals surface area contributed by atoms with Crippen molar-refractivity contribution >= 4 is 21.9 Å². The number of carboxylic acid groups (broad SMARTS) is 1. The van der Waals surface area contributed by atoms with Crippen LogP contribution < -0.4 is 5.32 Å². The van der Waals surface area contributed by atoms with Crippen molar-refractivity contribution in [1.82, 2.24) is 9.62 Å². The molecule has 22 heavy (non-hydrogen) atoms. The van der Waals surface area contributed by atoms with Crippen LogP contribution in [-0.2, 0) is 19.6 Å². The molecule has 1 aliphatic heterocycles. The Hall–Kier alpha value is -1.15. The summed E-state index contributed by atoms with van der Waals surface area (Å²) in [7, 11) is -3.19. The minimum Gasteiger partial charge on any atom is -0.481 e. The largest absolute Gasteiger partial charge is 0.481 e. The highest BCUT2D eigenvalue weighted by atomic mass is 32.2. The van der Waals surface area contributed by atoms with E-state index in [0.717, 1.165) is 6.42 Å². The van der Waals surface area contributed by atoms with Crippen LogP contribution in [0.4, 0.5) is 0 Å². The molecule has 1 fully saturated rings. The van der Waals surface area contributed by atoms with Gasteiger partial charge in [-0.2, -0.15) is 0 Å². The smallest absolute Gasteiger partial charge is 0.303 e. The predicted octanol–water partition coefficient (Wildman–Crippen LogP) is 0.809. The number of carboxylic acids is 1. The van der Waals surface area contributed by atoms with Crippen LogP contribution in [-0.4, -0.2) is 55.1 Å². The van der Waals surface area contributed by atoms with Gasteiger partial charge in [0.2, 0.25) is 15.9 Å². The molecule has 0 radical (unpaired) electrons. The third kappa shape index (κ3) is 6.31. The van der Waals surface area contributed by atoms with E-state index in [9.17, 15) is 18.0 Å². The first-order chi connectivity index (χ1) is 10.4. The van der Waals surface area contributed by atoms with Gasteiger partial charge >= 0.3 is 5.97 Å². The number of carbonyl (C=O) groups is 2. The summed E-state index contributed by atoms with van der Waals surface area (Å²) in [5, 5.41) is 11.2. The first kappa shape index (κ1) is 18.9. The van der Waals surface area contributed by atoms with Crippen molar-refractivity contribution in [2.45, 2.75) is 45.4 Å². The maximum absolute atomic E-state index is 12.1. The molecule has 0 aromatic heterocycles. The molecule has 0 unspecified atom stereocenters. The average molecular weight is 334 g/mol. The molecule has 2 N–H and O–H groups in total. The van der Waals surface area contributed by atoms with E-state index >= 15 is 0 Å². The summed E-state index contributed by atoms with van der Waals surface area (Å²) in [6, 6.07) is 0. The van der Waals surface area contributed by atoms with Gasteiger partial charge in [-0.1, -0.05) is 13.3 Å². The number of hydrogen-bond acceptors (Lipinski definition) is 4. The van der Waals surface area contributed by atoms with E-state index in [4.69, 9.17) is 5.11 Å². The Bertz CT molecular complexity index is 470. The number of nitrogens with one attached hydrogen (secondary N) is 1. The predicted molar refractivity (Wildman–Crippen MR) is 82.9 cm³/mol. The van der Waals surface area contributed by atoms with Crippen molar-refractivity contribution in [1.29, 1.82) is 0 Å². The van der Waals surface area contributed by atoms with Crippen LogP contribution in [0.1, 0.15) is 45.4 Å². The molecule has 1 saturated heterocycles. The Kier molecular flexibility index (Phi) is 7.81. The summed E-state index contributed by atoms with van der Waals surface area (Å²) in [4.78, 5) is 22.3. The Labute approximate surface area is 132 Å². The van der Waals surface area contributed by atoms with Gasteiger partial charge in [0.05, 0.1) is 5.75 Å². The topological polar surface area (TPSA) is 104 Å². The first-order valence-corrected chi connectivity index (χ1v) is 9.45. The second kappa shape index (κ2) is 9.09. The van der Waals surface area contributed by atoms with E-state index in [1.165, 1.54) is 4.31 Å². The molecule has 1 rings (SSSR count). The van der Waals surface area contributed by atoms with Gasteiger partial charge in [-0.15, -0.1) is 0 Å². The number of unbranched alkanes of at least 4 members (excludes halogenated alkanes) is 1. The number of amides is 1. The maximum atomic E-state index is 12.1. The lowest BCUT2D eigenvalue weighted by atomic mass is 9.97. The number of rotatable bonds is 9. The normalized spacial score (nSPS) is 17.3. The number of sulfonamides is 1. The molecular weight excluding hydrogens is 308 g/mol. The number of aliphatic carboxylic acids is 1. The van der Waals surface area contributed by atoms with Crippen LogP contribution >= 0.6 is 0 Å². The van der Waals surface area contributed by atoms with Gasteiger partial charge in [0.25, 0.3) is 0 Å². The summed E-state index contributed by atoms with van der Waals surface area (Å²) in [5.41, 5.74) is 0. The third-order valence-electron chi connectivity index (χ3n) is 3.84. The van der Waals surface area contributed by atoms with Crippen molar-refractivity contribution in [3.63, 3.8) is 0 Å². The highest BCUT2D eigenvalue weighted by Crippen LogP contribution is 2.20. The van der Waals surface area contributed by atoms with Crippen LogP contribution in [0.2, 0.25) is 0 Å². The Morgan fingerprint density at radius 3 is 2.41 bits per heavy atom. The fourth-order valence-corrected chi connectivity index (χ4v) is 4.13. The molecule has 0 spiro atoms. The lowest BCUT2D eigenvalue weighted by Gasteiger charge is -2.30. The number of nitrogens with zero attached hydrogens (tertiary/aromatic N) is 1. The molecule has 0 bridgehead atoms. The highest BCUT2D eigenvalue weighted by molar-refractivity contribution is 7.89. The standard InChI is InChI=1S/C14H26N2O5S/c1-2-3-11-22(20,21)16-9-6-12(7-10-16)14(19)15-8-4-5-13(17)18/h12H,2-11H2,1H3,(H,15,19)(H,17,18). The first-order valence-electron chi connectivity index (χ1n) is 7.84. The Morgan fingerprint density at radius 1 is 1.23 bits per heavy atom. The molecule has 1 heterocycles. The SMILES string of the molecule is CCCCS(=O)(=O)N1CCC(C(=O)NCCCC(=O)O)CC1. The number of piperidine rings is 1. The van der Waals surface area contributed by atoms with Gasteiger partial charge in [-0.05, 0) is 25.7 Å². The molecule has 7 nitrogen and oxygen atoms in total. The average Bonchev–Trinajstić information content (AvgIpc) is 2.49. The molecule has 1 amide bonds. The van der Waals surface area contributed by atoms with Crippen molar-refractivity contribution in [2.75, 3.05) is 25.4 Å². The zero-order chi connectivity index (χ0) is 16.6. The van der Waals surface area contributed by atoms with Gasteiger partial charge in [-0.3, -0.25) is 9.59 Å². The fraction of sp³-hybridized carbons (Fsp3) is 0.857. The molecule has 0 aromatic carbocycles. The van der Waals surface area contributed by atoms with E-state index in [-0.39, 0.29) is 24.0 Å². The summed E-state index contributed by atoms with van der Waals surface area (Å²) < 4.78 is 25.6. The van der Waals surface area contributed by atoms with E-state index in [2.05, 4.69) is 5.32 Å². The van der Waals surface area contributed by atoms with E-state index in [0.29, 0.717) is 45.3 Å². The molecule has 0 atom stereocenters. The summed E-state index contributed by atoms with van der Waals surface area (Å²) in [6.07, 6.45) is 2.99.